The molecule has 0 radical (unpaired) electrons. The molecule has 2 N–H and O–H groups in total. The van der Waals surface area contributed by atoms with Crippen LogP contribution in [-0.4, -0.2) is 31.5 Å². The number of non-ortho nitro benzene ring substituents is 1. The molecule has 0 fully saturated rings. The molecule has 2 amide bonds. The molecule has 2 aromatic carbocycles. The van der Waals surface area contributed by atoms with Crippen LogP contribution in [0, 0.1) is 10.1 Å². The van der Waals surface area contributed by atoms with Gasteiger partial charge in [-0.05, 0) is 23.8 Å². The van der Waals surface area contributed by atoms with Gasteiger partial charge in [-0.25, -0.2) is 4.68 Å². The van der Waals surface area contributed by atoms with Crippen molar-refractivity contribution in [1.29, 1.82) is 0 Å². The monoisotopic (exact) mass is 412 g/mol. The number of fused-ring (bicyclic) bond motifs is 1. The van der Waals surface area contributed by atoms with Gasteiger partial charge in [0.1, 0.15) is 0 Å². The molecular formula is C18H13ClN6O4. The minimum absolute atomic E-state index is 0.0299. The maximum atomic E-state index is 12.4. The molecule has 0 bridgehead atoms. The Balaban J connectivity index is 1.61. The molecule has 29 heavy (non-hydrogen) atoms. The van der Waals surface area contributed by atoms with Crippen molar-refractivity contribution in [2.45, 2.75) is 12.5 Å². The topological polar surface area (TPSA) is 132 Å². The number of carbonyl (C=O) groups excluding carboxylic acids is 2. The minimum atomic E-state index is -0.606. The third-order valence-corrected chi connectivity index (χ3v) is 4.61. The molecule has 1 aliphatic rings. The number of nitro benzene ring substituents is 1. The van der Waals surface area contributed by atoms with E-state index in [-0.39, 0.29) is 35.5 Å². The van der Waals surface area contributed by atoms with Gasteiger partial charge in [0.15, 0.2) is 0 Å². The zero-order valence-electron chi connectivity index (χ0n) is 14.7. The number of rotatable bonds is 4. The highest BCUT2D eigenvalue weighted by Gasteiger charge is 2.29. The second-order valence-corrected chi connectivity index (χ2v) is 6.72. The molecule has 0 aliphatic carbocycles. The number of benzene rings is 2. The number of nitro groups is 1. The van der Waals surface area contributed by atoms with Crippen LogP contribution in [0.25, 0.3) is 0 Å². The van der Waals surface area contributed by atoms with Gasteiger partial charge in [-0.3, -0.25) is 30.3 Å². The highest BCUT2D eigenvalue weighted by Crippen LogP contribution is 2.30. The summed E-state index contributed by atoms with van der Waals surface area (Å²) in [7, 11) is 0. The number of halogens is 1. The average molecular weight is 413 g/mol. The van der Waals surface area contributed by atoms with E-state index in [9.17, 15) is 19.7 Å². The van der Waals surface area contributed by atoms with E-state index in [1.165, 1.54) is 22.9 Å². The van der Waals surface area contributed by atoms with E-state index in [1.54, 1.807) is 24.3 Å². The average Bonchev–Trinajstić information content (AvgIpc) is 3.10. The SMILES string of the molecule is O=C1C[C@H](c2ccc(Cl)cc2)n2nc(NC(=O)c3cccc([N+](=O)[O-])c3)nc2N1. The van der Waals surface area contributed by atoms with Crippen molar-refractivity contribution in [3.05, 3.63) is 74.8 Å². The van der Waals surface area contributed by atoms with Crippen molar-refractivity contribution < 1.29 is 14.5 Å². The quantitative estimate of drug-likeness (QED) is 0.500. The summed E-state index contributed by atoms with van der Waals surface area (Å²) >= 11 is 5.93. The highest BCUT2D eigenvalue weighted by atomic mass is 35.5. The molecule has 0 unspecified atom stereocenters. The number of carbonyl (C=O) groups is 2. The number of amides is 2. The fraction of sp³-hybridized carbons (Fsp3) is 0.111. The maximum absolute atomic E-state index is 12.4. The van der Waals surface area contributed by atoms with Gasteiger partial charge < -0.3 is 0 Å². The maximum Gasteiger partial charge on any atom is 0.270 e. The van der Waals surface area contributed by atoms with Gasteiger partial charge in [-0.1, -0.05) is 29.8 Å². The third-order valence-electron chi connectivity index (χ3n) is 4.36. The largest absolute Gasteiger partial charge is 0.295 e. The van der Waals surface area contributed by atoms with Gasteiger partial charge in [0.05, 0.1) is 17.4 Å². The first kappa shape index (κ1) is 18.6. The van der Waals surface area contributed by atoms with E-state index in [0.717, 1.165) is 11.6 Å². The van der Waals surface area contributed by atoms with E-state index in [2.05, 4.69) is 20.7 Å². The summed E-state index contributed by atoms with van der Waals surface area (Å²) in [5.41, 5.74) is 0.696. The molecule has 11 heteroatoms. The van der Waals surface area contributed by atoms with E-state index in [4.69, 9.17) is 11.6 Å². The molecule has 1 aromatic heterocycles. The van der Waals surface area contributed by atoms with Crippen LogP contribution in [0.4, 0.5) is 17.6 Å². The summed E-state index contributed by atoms with van der Waals surface area (Å²) in [4.78, 5) is 38.9. The van der Waals surface area contributed by atoms with Gasteiger partial charge in [0.25, 0.3) is 17.5 Å². The van der Waals surface area contributed by atoms with Gasteiger partial charge in [-0.2, -0.15) is 4.98 Å². The van der Waals surface area contributed by atoms with Crippen LogP contribution in [0.5, 0.6) is 0 Å². The van der Waals surface area contributed by atoms with Gasteiger partial charge in [0.2, 0.25) is 11.9 Å². The molecule has 3 aromatic rings. The summed E-state index contributed by atoms with van der Waals surface area (Å²) in [6, 6.07) is 11.9. The zero-order valence-corrected chi connectivity index (χ0v) is 15.5. The molecule has 4 rings (SSSR count). The standard InChI is InChI=1S/C18H13ClN6O4/c19-12-6-4-10(5-7-12)14-9-15(26)20-18-22-17(23-24(14)18)21-16(27)11-2-1-3-13(8-11)25(28)29/h1-8,14H,9H2,(H2,20,21,22,23,26,27)/t14-/m1/s1. The number of hydrogen-bond acceptors (Lipinski definition) is 6. The molecule has 2 heterocycles. The van der Waals surface area contributed by atoms with E-state index in [1.807, 2.05) is 0 Å². The van der Waals surface area contributed by atoms with E-state index < -0.39 is 16.9 Å². The van der Waals surface area contributed by atoms with Gasteiger partial charge in [-0.15, -0.1) is 5.10 Å². The summed E-state index contributed by atoms with van der Waals surface area (Å²) in [5.74, 6) is -0.680. The second kappa shape index (κ2) is 7.32. The molecule has 10 nitrogen and oxygen atoms in total. The Kier molecular flexibility index (Phi) is 4.69. The van der Waals surface area contributed by atoms with Crippen LogP contribution in [-0.2, 0) is 4.79 Å². The van der Waals surface area contributed by atoms with E-state index >= 15 is 0 Å². The molecular weight excluding hydrogens is 400 g/mol. The van der Waals surface area contributed by atoms with Crippen LogP contribution < -0.4 is 10.6 Å². The molecule has 1 atom stereocenters. The van der Waals surface area contributed by atoms with Gasteiger partial charge >= 0.3 is 0 Å². The molecule has 0 spiro atoms. The smallest absolute Gasteiger partial charge is 0.270 e. The van der Waals surface area contributed by atoms with E-state index in [0.29, 0.717) is 5.02 Å². The second-order valence-electron chi connectivity index (χ2n) is 6.28. The summed E-state index contributed by atoms with van der Waals surface area (Å²) in [5, 5.41) is 20.8. The normalized spacial score (nSPS) is 15.3. The first-order valence-electron chi connectivity index (χ1n) is 8.48. The molecule has 1 aliphatic heterocycles. The number of nitrogens with zero attached hydrogens (tertiary/aromatic N) is 4. The Hall–Kier alpha value is -3.79. The van der Waals surface area contributed by atoms with Crippen LogP contribution in [0.1, 0.15) is 28.4 Å². The minimum Gasteiger partial charge on any atom is -0.295 e. The first-order chi connectivity index (χ1) is 13.9. The zero-order chi connectivity index (χ0) is 20.5. The predicted octanol–water partition coefficient (Wildman–Crippen LogP) is 3.02. The summed E-state index contributed by atoms with van der Waals surface area (Å²) in [6.45, 7) is 0. The van der Waals surface area contributed by atoms with Crippen molar-refractivity contribution in [2.24, 2.45) is 0 Å². The lowest BCUT2D eigenvalue weighted by atomic mass is 10.0. The Morgan fingerprint density at radius 1 is 1.28 bits per heavy atom. The Morgan fingerprint density at radius 3 is 2.76 bits per heavy atom. The van der Waals surface area contributed by atoms with Crippen molar-refractivity contribution in [3.8, 4) is 0 Å². The van der Waals surface area contributed by atoms with Crippen molar-refractivity contribution in [1.82, 2.24) is 14.8 Å². The lowest BCUT2D eigenvalue weighted by molar-refractivity contribution is -0.384. The highest BCUT2D eigenvalue weighted by molar-refractivity contribution is 6.30. The lowest BCUT2D eigenvalue weighted by Crippen LogP contribution is -2.29. The Labute approximate surface area is 168 Å². The lowest BCUT2D eigenvalue weighted by Gasteiger charge is -2.23. The van der Waals surface area contributed by atoms with Gasteiger partial charge in [0, 0.05) is 22.7 Å². The molecule has 0 saturated heterocycles. The molecule has 146 valence electrons. The first-order valence-corrected chi connectivity index (χ1v) is 8.86. The van der Waals surface area contributed by atoms with Crippen LogP contribution in [0.15, 0.2) is 48.5 Å². The summed E-state index contributed by atoms with van der Waals surface area (Å²) < 4.78 is 1.51. The van der Waals surface area contributed by atoms with Crippen molar-refractivity contribution >= 4 is 41.0 Å². The van der Waals surface area contributed by atoms with Crippen molar-refractivity contribution in [2.75, 3.05) is 10.6 Å². The predicted molar refractivity (Wildman–Crippen MR) is 104 cm³/mol. The van der Waals surface area contributed by atoms with Crippen molar-refractivity contribution in [3.63, 3.8) is 0 Å². The number of anilines is 2. The summed E-state index contributed by atoms with van der Waals surface area (Å²) in [6.07, 6.45) is 0.149. The van der Waals surface area contributed by atoms with Crippen LogP contribution in [0.3, 0.4) is 0 Å². The fourth-order valence-electron chi connectivity index (χ4n) is 3.00. The van der Waals surface area contributed by atoms with Crippen LogP contribution >= 0.6 is 11.6 Å². The number of aromatic nitrogens is 3. The molecule has 0 saturated carbocycles. The number of nitrogens with one attached hydrogen (secondary N) is 2. The Morgan fingerprint density at radius 2 is 2.03 bits per heavy atom. The van der Waals surface area contributed by atoms with Crippen LogP contribution in [0.2, 0.25) is 5.02 Å². The third kappa shape index (κ3) is 3.78. The number of hydrogen-bond donors (Lipinski definition) is 2. The Bertz CT molecular complexity index is 1130. The fourth-order valence-corrected chi connectivity index (χ4v) is 3.12.